The number of likely N-dealkylation sites (tertiary alicyclic amines) is 1. The van der Waals surface area contributed by atoms with Gasteiger partial charge in [-0.25, -0.2) is 0 Å². The molecular weight excluding hydrogens is 302 g/mol. The largest absolute Gasteiger partial charge is 0.368 e. The van der Waals surface area contributed by atoms with Crippen LogP contribution in [0.4, 0.5) is 0 Å². The predicted octanol–water partition coefficient (Wildman–Crippen LogP) is 2.01. The van der Waals surface area contributed by atoms with Crippen molar-refractivity contribution < 1.29 is 9.59 Å². The van der Waals surface area contributed by atoms with Gasteiger partial charge in [0.15, 0.2) is 0 Å². The van der Waals surface area contributed by atoms with Crippen LogP contribution in [0.15, 0.2) is 24.3 Å². The standard InChI is InChI=1S/C19H29N3O2/c1-13(2)11-15-6-8-16(9-7-15)14(3)21-18(23)12-22-10-4-5-17(22)19(20)24/h6-9,13-14,17H,4-5,10-12H2,1-3H3,(H2,20,24)(H,21,23)/t14-,17-/m1/s1. The van der Waals surface area contributed by atoms with E-state index in [0.717, 1.165) is 31.4 Å². The highest BCUT2D eigenvalue weighted by molar-refractivity contribution is 5.83. The second-order valence-electron chi connectivity index (χ2n) is 7.16. The number of nitrogens with one attached hydrogen (secondary N) is 1. The zero-order valence-corrected chi connectivity index (χ0v) is 14.9. The Kier molecular flexibility index (Phi) is 6.37. The second kappa shape index (κ2) is 8.29. The molecule has 2 atom stereocenters. The van der Waals surface area contributed by atoms with Crippen LogP contribution in [0.3, 0.4) is 0 Å². The minimum absolute atomic E-state index is 0.0553. The third-order valence-corrected chi connectivity index (χ3v) is 4.54. The highest BCUT2D eigenvalue weighted by Crippen LogP contribution is 2.18. The Morgan fingerprint density at radius 2 is 1.92 bits per heavy atom. The van der Waals surface area contributed by atoms with Gasteiger partial charge in [0.1, 0.15) is 0 Å². The Morgan fingerprint density at radius 3 is 2.50 bits per heavy atom. The van der Waals surface area contributed by atoms with Crippen LogP contribution in [0.2, 0.25) is 0 Å². The molecule has 132 valence electrons. The van der Waals surface area contributed by atoms with Gasteiger partial charge in [0.25, 0.3) is 0 Å². The van der Waals surface area contributed by atoms with Gasteiger partial charge in [-0.1, -0.05) is 38.1 Å². The van der Waals surface area contributed by atoms with Crippen molar-refractivity contribution in [2.24, 2.45) is 11.7 Å². The first-order chi connectivity index (χ1) is 11.4. The first kappa shape index (κ1) is 18.5. The molecular formula is C19H29N3O2. The normalized spacial score (nSPS) is 19.4. The van der Waals surface area contributed by atoms with Crippen molar-refractivity contribution in [1.82, 2.24) is 10.2 Å². The van der Waals surface area contributed by atoms with Crippen LogP contribution in [0.5, 0.6) is 0 Å². The van der Waals surface area contributed by atoms with Gasteiger partial charge < -0.3 is 11.1 Å². The minimum Gasteiger partial charge on any atom is -0.368 e. The number of benzene rings is 1. The van der Waals surface area contributed by atoms with E-state index in [1.54, 1.807) is 0 Å². The van der Waals surface area contributed by atoms with Crippen LogP contribution in [0.1, 0.15) is 50.8 Å². The lowest BCUT2D eigenvalue weighted by molar-refractivity contribution is -0.126. The average Bonchev–Trinajstić information content (AvgIpc) is 2.95. The van der Waals surface area contributed by atoms with Crippen molar-refractivity contribution in [3.63, 3.8) is 0 Å². The fourth-order valence-electron chi connectivity index (χ4n) is 3.31. The summed E-state index contributed by atoms with van der Waals surface area (Å²) < 4.78 is 0. The monoisotopic (exact) mass is 331 g/mol. The molecule has 1 aliphatic rings. The van der Waals surface area contributed by atoms with Gasteiger partial charge in [0, 0.05) is 0 Å². The van der Waals surface area contributed by atoms with Gasteiger partial charge in [-0.2, -0.15) is 0 Å². The van der Waals surface area contributed by atoms with Crippen molar-refractivity contribution in [1.29, 1.82) is 0 Å². The van der Waals surface area contributed by atoms with Crippen molar-refractivity contribution in [3.05, 3.63) is 35.4 Å². The Morgan fingerprint density at radius 1 is 1.25 bits per heavy atom. The molecule has 1 fully saturated rings. The maximum Gasteiger partial charge on any atom is 0.234 e. The molecule has 0 radical (unpaired) electrons. The minimum atomic E-state index is -0.339. The summed E-state index contributed by atoms with van der Waals surface area (Å²) in [6.07, 6.45) is 2.72. The quantitative estimate of drug-likeness (QED) is 0.802. The van der Waals surface area contributed by atoms with E-state index in [-0.39, 0.29) is 30.4 Å². The zero-order chi connectivity index (χ0) is 17.7. The highest BCUT2D eigenvalue weighted by Gasteiger charge is 2.30. The molecule has 1 saturated heterocycles. The molecule has 0 unspecified atom stereocenters. The van der Waals surface area contributed by atoms with E-state index in [1.807, 2.05) is 11.8 Å². The van der Waals surface area contributed by atoms with Crippen LogP contribution in [0, 0.1) is 5.92 Å². The number of carbonyl (C=O) groups is 2. The third kappa shape index (κ3) is 5.06. The molecule has 24 heavy (non-hydrogen) atoms. The van der Waals surface area contributed by atoms with Crippen LogP contribution in [-0.2, 0) is 16.0 Å². The number of primary amides is 1. The topological polar surface area (TPSA) is 75.4 Å². The van der Waals surface area contributed by atoms with E-state index in [1.165, 1.54) is 5.56 Å². The van der Waals surface area contributed by atoms with Gasteiger partial charge in [-0.05, 0) is 49.8 Å². The van der Waals surface area contributed by atoms with Gasteiger partial charge in [0.2, 0.25) is 11.8 Å². The number of amides is 2. The Hall–Kier alpha value is -1.88. The fraction of sp³-hybridized carbons (Fsp3) is 0.579. The molecule has 0 bridgehead atoms. The summed E-state index contributed by atoms with van der Waals surface area (Å²) in [7, 11) is 0. The van der Waals surface area contributed by atoms with E-state index in [0.29, 0.717) is 5.92 Å². The number of carbonyl (C=O) groups excluding carboxylic acids is 2. The predicted molar refractivity (Wildman–Crippen MR) is 95.3 cm³/mol. The molecule has 1 heterocycles. The molecule has 0 spiro atoms. The van der Waals surface area contributed by atoms with Crippen LogP contribution >= 0.6 is 0 Å². The lowest BCUT2D eigenvalue weighted by Gasteiger charge is -2.22. The number of hydrogen-bond acceptors (Lipinski definition) is 3. The van der Waals surface area contributed by atoms with E-state index >= 15 is 0 Å². The van der Waals surface area contributed by atoms with Gasteiger partial charge in [-0.15, -0.1) is 0 Å². The Bertz CT molecular complexity index is 568. The molecule has 3 N–H and O–H groups in total. The van der Waals surface area contributed by atoms with Crippen molar-refractivity contribution >= 4 is 11.8 Å². The summed E-state index contributed by atoms with van der Waals surface area (Å²) in [5, 5.41) is 3.01. The summed E-state index contributed by atoms with van der Waals surface area (Å²) in [5.74, 6) is 0.225. The molecule has 1 aromatic rings. The number of nitrogens with zero attached hydrogens (tertiary/aromatic N) is 1. The summed E-state index contributed by atoms with van der Waals surface area (Å²) in [5.41, 5.74) is 7.79. The van der Waals surface area contributed by atoms with Crippen molar-refractivity contribution in [2.45, 2.75) is 52.1 Å². The summed E-state index contributed by atoms with van der Waals surface area (Å²) >= 11 is 0. The Labute approximate surface area is 144 Å². The maximum absolute atomic E-state index is 12.3. The highest BCUT2D eigenvalue weighted by atomic mass is 16.2. The maximum atomic E-state index is 12.3. The number of hydrogen-bond donors (Lipinski definition) is 2. The molecule has 5 heteroatoms. The first-order valence-electron chi connectivity index (χ1n) is 8.78. The smallest absolute Gasteiger partial charge is 0.234 e. The molecule has 2 amide bonds. The van der Waals surface area contributed by atoms with Gasteiger partial charge >= 0.3 is 0 Å². The van der Waals surface area contributed by atoms with Crippen LogP contribution in [-0.4, -0.2) is 35.8 Å². The van der Waals surface area contributed by atoms with Gasteiger partial charge in [0.05, 0.1) is 18.6 Å². The SMILES string of the molecule is CC(C)Cc1ccc([C@@H](C)NC(=O)CN2CCC[C@@H]2C(N)=O)cc1. The molecule has 1 aliphatic heterocycles. The van der Waals surface area contributed by atoms with Crippen LogP contribution in [0.25, 0.3) is 0 Å². The molecule has 2 rings (SSSR count). The lowest BCUT2D eigenvalue weighted by atomic mass is 10.00. The number of nitrogens with two attached hydrogens (primary N) is 1. The molecule has 0 aromatic heterocycles. The summed E-state index contributed by atoms with van der Waals surface area (Å²) in [4.78, 5) is 25.5. The molecule has 0 saturated carbocycles. The molecule has 1 aromatic carbocycles. The van der Waals surface area contributed by atoms with E-state index in [2.05, 4.69) is 43.4 Å². The van der Waals surface area contributed by atoms with E-state index in [4.69, 9.17) is 5.73 Å². The lowest BCUT2D eigenvalue weighted by Crippen LogP contribution is -2.45. The van der Waals surface area contributed by atoms with Crippen molar-refractivity contribution in [3.8, 4) is 0 Å². The second-order valence-corrected chi connectivity index (χ2v) is 7.16. The zero-order valence-electron chi connectivity index (χ0n) is 14.9. The van der Waals surface area contributed by atoms with E-state index < -0.39 is 0 Å². The first-order valence-corrected chi connectivity index (χ1v) is 8.78. The summed E-state index contributed by atoms with van der Waals surface area (Å²) in [6.45, 7) is 7.36. The fourth-order valence-corrected chi connectivity index (χ4v) is 3.31. The Balaban J connectivity index is 1.88. The average molecular weight is 331 g/mol. The van der Waals surface area contributed by atoms with Crippen molar-refractivity contribution in [2.75, 3.05) is 13.1 Å². The molecule has 0 aliphatic carbocycles. The van der Waals surface area contributed by atoms with Crippen LogP contribution < -0.4 is 11.1 Å². The van der Waals surface area contributed by atoms with E-state index in [9.17, 15) is 9.59 Å². The van der Waals surface area contributed by atoms with Gasteiger partial charge in [-0.3, -0.25) is 14.5 Å². The summed E-state index contributed by atoms with van der Waals surface area (Å²) in [6, 6.07) is 8.04. The third-order valence-electron chi connectivity index (χ3n) is 4.54. The molecule has 5 nitrogen and oxygen atoms in total. The number of rotatable bonds is 7.